The van der Waals surface area contributed by atoms with E-state index < -0.39 is 6.04 Å². The molecule has 148 valence electrons. The molecular weight excluding hydrogens is 350 g/mol. The van der Waals surface area contributed by atoms with Crippen LogP contribution in [0.2, 0.25) is 0 Å². The molecule has 0 bridgehead atoms. The van der Waals surface area contributed by atoms with E-state index in [2.05, 4.69) is 5.32 Å². The van der Waals surface area contributed by atoms with Crippen LogP contribution in [0.5, 0.6) is 0 Å². The SMILES string of the molecule is CN(C(=O)c1ccc(NC(=O)[C@@H](N)Cc2ccccc2)cc1)C1CCCCC1. The summed E-state index contributed by atoms with van der Waals surface area (Å²) in [6, 6.07) is 16.5. The molecule has 3 N–H and O–H groups in total. The van der Waals surface area contributed by atoms with Crippen molar-refractivity contribution in [1.29, 1.82) is 0 Å². The molecule has 2 aromatic carbocycles. The van der Waals surface area contributed by atoms with Gasteiger partial charge in [-0.3, -0.25) is 9.59 Å². The summed E-state index contributed by atoms with van der Waals surface area (Å²) in [6.07, 6.45) is 6.28. The topological polar surface area (TPSA) is 75.4 Å². The molecule has 28 heavy (non-hydrogen) atoms. The Morgan fingerprint density at radius 3 is 2.32 bits per heavy atom. The quantitative estimate of drug-likeness (QED) is 0.805. The molecule has 0 unspecified atom stereocenters. The fraction of sp³-hybridized carbons (Fsp3) is 0.391. The Hall–Kier alpha value is -2.66. The number of anilines is 1. The molecule has 1 saturated carbocycles. The van der Waals surface area contributed by atoms with Crippen LogP contribution in [0, 0.1) is 0 Å². The van der Waals surface area contributed by atoms with Crippen molar-refractivity contribution in [3.05, 3.63) is 65.7 Å². The third-order valence-corrected chi connectivity index (χ3v) is 5.48. The van der Waals surface area contributed by atoms with Crippen LogP contribution in [0.3, 0.4) is 0 Å². The van der Waals surface area contributed by atoms with Gasteiger partial charge in [-0.15, -0.1) is 0 Å². The van der Waals surface area contributed by atoms with Crippen LogP contribution < -0.4 is 11.1 Å². The van der Waals surface area contributed by atoms with Crippen LogP contribution in [-0.2, 0) is 11.2 Å². The fourth-order valence-electron chi connectivity index (χ4n) is 3.73. The van der Waals surface area contributed by atoms with Crippen LogP contribution in [0.25, 0.3) is 0 Å². The van der Waals surface area contributed by atoms with Crippen molar-refractivity contribution in [3.8, 4) is 0 Å². The molecule has 0 heterocycles. The van der Waals surface area contributed by atoms with E-state index in [4.69, 9.17) is 5.73 Å². The number of benzene rings is 2. The highest BCUT2D eigenvalue weighted by atomic mass is 16.2. The Kier molecular flexibility index (Phi) is 6.82. The molecular formula is C23H29N3O2. The molecule has 0 radical (unpaired) electrons. The van der Waals surface area contributed by atoms with Crippen molar-refractivity contribution >= 4 is 17.5 Å². The summed E-state index contributed by atoms with van der Waals surface area (Å²) in [6.45, 7) is 0. The van der Waals surface area contributed by atoms with Gasteiger partial charge < -0.3 is 16.0 Å². The normalized spacial score (nSPS) is 15.6. The van der Waals surface area contributed by atoms with Gasteiger partial charge in [0.2, 0.25) is 5.91 Å². The first kappa shape index (κ1) is 20.1. The highest BCUT2D eigenvalue weighted by Crippen LogP contribution is 2.23. The van der Waals surface area contributed by atoms with Crippen molar-refractivity contribution in [1.82, 2.24) is 4.90 Å². The van der Waals surface area contributed by atoms with E-state index in [0.29, 0.717) is 23.7 Å². The first-order valence-corrected chi connectivity index (χ1v) is 10.0. The standard InChI is InChI=1S/C23H29N3O2/c1-26(20-10-6-3-7-11-20)23(28)18-12-14-19(15-13-18)25-22(27)21(24)16-17-8-4-2-5-9-17/h2,4-5,8-9,12-15,20-21H,3,6-7,10-11,16,24H2,1H3,(H,25,27)/t21-/m0/s1. The number of nitrogens with one attached hydrogen (secondary N) is 1. The number of amides is 2. The Labute approximate surface area is 166 Å². The van der Waals surface area contributed by atoms with Crippen molar-refractivity contribution in [2.24, 2.45) is 5.73 Å². The minimum atomic E-state index is -0.624. The van der Waals surface area contributed by atoms with Crippen LogP contribution >= 0.6 is 0 Å². The molecule has 0 aromatic heterocycles. The zero-order valence-corrected chi connectivity index (χ0v) is 16.4. The van der Waals surface area contributed by atoms with Gasteiger partial charge in [0.1, 0.15) is 0 Å². The van der Waals surface area contributed by atoms with Gasteiger partial charge in [-0.2, -0.15) is 0 Å². The lowest BCUT2D eigenvalue weighted by atomic mass is 9.94. The lowest BCUT2D eigenvalue weighted by Gasteiger charge is -2.31. The van der Waals surface area contributed by atoms with Gasteiger partial charge in [-0.1, -0.05) is 49.6 Å². The van der Waals surface area contributed by atoms with Gasteiger partial charge in [0, 0.05) is 24.3 Å². The second kappa shape index (κ2) is 9.51. The number of rotatable bonds is 6. The van der Waals surface area contributed by atoms with E-state index in [1.807, 2.05) is 42.3 Å². The molecule has 3 rings (SSSR count). The molecule has 1 aliphatic rings. The summed E-state index contributed by atoms with van der Waals surface area (Å²) >= 11 is 0. The van der Waals surface area contributed by atoms with E-state index in [0.717, 1.165) is 18.4 Å². The van der Waals surface area contributed by atoms with Crippen molar-refractivity contribution in [2.45, 2.75) is 50.6 Å². The summed E-state index contributed by atoms with van der Waals surface area (Å²) in [5.74, 6) is -0.201. The molecule has 1 fully saturated rings. The average Bonchev–Trinajstić information content (AvgIpc) is 2.74. The number of hydrogen-bond acceptors (Lipinski definition) is 3. The molecule has 2 aromatic rings. The van der Waals surface area contributed by atoms with Gasteiger partial charge in [0.25, 0.3) is 5.91 Å². The van der Waals surface area contributed by atoms with Crippen molar-refractivity contribution in [2.75, 3.05) is 12.4 Å². The number of carbonyl (C=O) groups excluding carboxylic acids is 2. The second-order valence-corrected chi connectivity index (χ2v) is 7.57. The molecule has 0 saturated heterocycles. The number of hydrogen-bond donors (Lipinski definition) is 2. The largest absolute Gasteiger partial charge is 0.339 e. The number of carbonyl (C=O) groups is 2. The third-order valence-electron chi connectivity index (χ3n) is 5.48. The van der Waals surface area contributed by atoms with E-state index in [1.165, 1.54) is 19.3 Å². The molecule has 5 nitrogen and oxygen atoms in total. The van der Waals surface area contributed by atoms with Crippen molar-refractivity contribution in [3.63, 3.8) is 0 Å². The molecule has 0 aliphatic heterocycles. The molecule has 0 spiro atoms. The minimum absolute atomic E-state index is 0.0329. The predicted molar refractivity (Wildman–Crippen MR) is 112 cm³/mol. The predicted octanol–water partition coefficient (Wildman–Crippen LogP) is 3.60. The molecule has 2 amide bonds. The van der Waals surface area contributed by atoms with E-state index in [1.54, 1.807) is 24.3 Å². The first-order chi connectivity index (χ1) is 13.5. The van der Waals surface area contributed by atoms with Crippen LogP contribution in [0.4, 0.5) is 5.69 Å². The first-order valence-electron chi connectivity index (χ1n) is 10.0. The van der Waals surface area contributed by atoms with Gasteiger partial charge in [-0.05, 0) is 49.1 Å². The van der Waals surface area contributed by atoms with Crippen LogP contribution in [-0.4, -0.2) is 35.8 Å². The summed E-state index contributed by atoms with van der Waals surface area (Å²) in [7, 11) is 1.89. The monoisotopic (exact) mass is 379 g/mol. The van der Waals surface area contributed by atoms with Gasteiger partial charge >= 0.3 is 0 Å². The lowest BCUT2D eigenvalue weighted by Crippen LogP contribution is -2.38. The molecule has 1 aliphatic carbocycles. The lowest BCUT2D eigenvalue weighted by molar-refractivity contribution is -0.117. The smallest absolute Gasteiger partial charge is 0.253 e. The van der Waals surface area contributed by atoms with Gasteiger partial charge in [-0.25, -0.2) is 0 Å². The Morgan fingerprint density at radius 2 is 1.68 bits per heavy atom. The summed E-state index contributed by atoms with van der Waals surface area (Å²) in [4.78, 5) is 26.9. The van der Waals surface area contributed by atoms with Crippen LogP contribution in [0.1, 0.15) is 48.0 Å². The summed E-state index contributed by atoms with van der Waals surface area (Å²) in [5, 5.41) is 2.83. The summed E-state index contributed by atoms with van der Waals surface area (Å²) in [5.41, 5.74) is 8.33. The minimum Gasteiger partial charge on any atom is -0.339 e. The maximum absolute atomic E-state index is 12.7. The van der Waals surface area contributed by atoms with E-state index >= 15 is 0 Å². The number of nitrogens with zero attached hydrogens (tertiary/aromatic N) is 1. The maximum atomic E-state index is 12.7. The summed E-state index contributed by atoms with van der Waals surface area (Å²) < 4.78 is 0. The Morgan fingerprint density at radius 1 is 1.04 bits per heavy atom. The van der Waals surface area contributed by atoms with E-state index in [9.17, 15) is 9.59 Å². The number of nitrogens with two attached hydrogens (primary N) is 1. The second-order valence-electron chi connectivity index (χ2n) is 7.57. The fourth-order valence-corrected chi connectivity index (χ4v) is 3.73. The average molecular weight is 380 g/mol. The maximum Gasteiger partial charge on any atom is 0.253 e. The highest BCUT2D eigenvalue weighted by Gasteiger charge is 2.23. The zero-order valence-electron chi connectivity index (χ0n) is 16.4. The van der Waals surface area contributed by atoms with Crippen LogP contribution in [0.15, 0.2) is 54.6 Å². The Balaban J connectivity index is 1.56. The third kappa shape index (κ3) is 5.20. The van der Waals surface area contributed by atoms with E-state index in [-0.39, 0.29) is 11.8 Å². The Bertz CT molecular complexity index is 783. The van der Waals surface area contributed by atoms with Gasteiger partial charge in [0.05, 0.1) is 6.04 Å². The zero-order chi connectivity index (χ0) is 19.9. The van der Waals surface area contributed by atoms with Crippen molar-refractivity contribution < 1.29 is 9.59 Å². The van der Waals surface area contributed by atoms with Gasteiger partial charge in [0.15, 0.2) is 0 Å². The highest BCUT2D eigenvalue weighted by molar-refractivity contribution is 5.97. The molecule has 1 atom stereocenters. The molecule has 5 heteroatoms.